The van der Waals surface area contributed by atoms with E-state index < -0.39 is 5.97 Å². The standard InChI is InChI=1S/C12H14N2O3/c1-2-17-8-3-4-9-10(7-8)14-11(13-9)5-6-12(15)16/h3-4,7H,2,5-6H2,1H3,(H,13,14)(H,15,16). The molecular formula is C12H14N2O3. The van der Waals surface area contributed by atoms with E-state index in [4.69, 9.17) is 9.84 Å². The van der Waals surface area contributed by atoms with Gasteiger partial charge < -0.3 is 14.8 Å². The van der Waals surface area contributed by atoms with Gasteiger partial charge in [0.2, 0.25) is 0 Å². The number of carboxylic acid groups (broad SMARTS) is 1. The Morgan fingerprint density at radius 3 is 3.06 bits per heavy atom. The molecule has 2 N–H and O–H groups in total. The van der Waals surface area contributed by atoms with Crippen molar-refractivity contribution in [2.45, 2.75) is 19.8 Å². The Labute approximate surface area is 98.4 Å². The molecule has 1 heterocycles. The van der Waals surface area contributed by atoms with Gasteiger partial charge >= 0.3 is 5.97 Å². The topological polar surface area (TPSA) is 75.2 Å². The van der Waals surface area contributed by atoms with Crippen LogP contribution in [0.4, 0.5) is 0 Å². The first-order valence-corrected chi connectivity index (χ1v) is 5.52. The lowest BCUT2D eigenvalue weighted by Crippen LogP contribution is -1.98. The number of hydrogen-bond acceptors (Lipinski definition) is 3. The van der Waals surface area contributed by atoms with Gasteiger partial charge in [-0.25, -0.2) is 4.98 Å². The number of nitrogens with zero attached hydrogens (tertiary/aromatic N) is 1. The highest BCUT2D eigenvalue weighted by Crippen LogP contribution is 2.19. The third-order valence-corrected chi connectivity index (χ3v) is 2.39. The van der Waals surface area contributed by atoms with Crippen molar-refractivity contribution in [2.24, 2.45) is 0 Å². The maximum atomic E-state index is 10.5. The Hall–Kier alpha value is -2.04. The number of benzene rings is 1. The fraction of sp³-hybridized carbons (Fsp3) is 0.333. The summed E-state index contributed by atoms with van der Waals surface area (Å²) in [6, 6.07) is 5.59. The predicted molar refractivity (Wildman–Crippen MR) is 63.2 cm³/mol. The molecule has 5 nitrogen and oxygen atoms in total. The number of carbonyl (C=O) groups is 1. The van der Waals surface area contributed by atoms with Crippen molar-refractivity contribution in [3.63, 3.8) is 0 Å². The van der Waals surface area contributed by atoms with Crippen molar-refractivity contribution in [3.05, 3.63) is 24.0 Å². The van der Waals surface area contributed by atoms with Crippen molar-refractivity contribution < 1.29 is 14.6 Å². The molecule has 0 aliphatic heterocycles. The Balaban J connectivity index is 2.21. The van der Waals surface area contributed by atoms with Crippen molar-refractivity contribution >= 4 is 17.0 Å². The fourth-order valence-electron chi connectivity index (χ4n) is 1.64. The maximum absolute atomic E-state index is 10.5. The minimum Gasteiger partial charge on any atom is -0.494 e. The van der Waals surface area contributed by atoms with E-state index in [0.717, 1.165) is 16.8 Å². The van der Waals surface area contributed by atoms with Crippen LogP contribution in [0.5, 0.6) is 5.75 Å². The van der Waals surface area contributed by atoms with E-state index in [2.05, 4.69) is 9.97 Å². The van der Waals surface area contributed by atoms with Crippen LogP contribution in [-0.2, 0) is 11.2 Å². The Morgan fingerprint density at radius 1 is 1.53 bits per heavy atom. The summed E-state index contributed by atoms with van der Waals surface area (Å²) in [5.41, 5.74) is 1.70. The van der Waals surface area contributed by atoms with Gasteiger partial charge in [0.05, 0.1) is 24.1 Å². The Bertz CT molecular complexity index is 534. The summed E-state index contributed by atoms with van der Waals surface area (Å²) in [5.74, 6) is 0.657. The van der Waals surface area contributed by atoms with Gasteiger partial charge in [-0.1, -0.05) is 0 Å². The van der Waals surface area contributed by atoms with Crippen LogP contribution >= 0.6 is 0 Å². The minimum atomic E-state index is -0.819. The molecule has 0 amide bonds. The second-order valence-electron chi connectivity index (χ2n) is 3.69. The molecule has 0 spiro atoms. The molecular weight excluding hydrogens is 220 g/mol. The zero-order chi connectivity index (χ0) is 12.3. The highest BCUT2D eigenvalue weighted by Gasteiger charge is 2.06. The summed E-state index contributed by atoms with van der Waals surface area (Å²) in [5, 5.41) is 8.60. The first-order chi connectivity index (χ1) is 8.19. The lowest BCUT2D eigenvalue weighted by Gasteiger charge is -2.00. The SMILES string of the molecule is CCOc1ccc2nc(CCC(=O)O)[nH]c2c1. The van der Waals surface area contributed by atoms with Crippen LogP contribution in [0, 0.1) is 0 Å². The second-order valence-corrected chi connectivity index (χ2v) is 3.69. The lowest BCUT2D eigenvalue weighted by atomic mass is 10.3. The molecule has 0 saturated heterocycles. The van der Waals surface area contributed by atoms with E-state index in [1.54, 1.807) is 0 Å². The van der Waals surface area contributed by atoms with Crippen molar-refractivity contribution in [1.29, 1.82) is 0 Å². The number of hydrogen-bond donors (Lipinski definition) is 2. The van der Waals surface area contributed by atoms with Gasteiger partial charge in [0, 0.05) is 12.5 Å². The molecule has 2 aromatic rings. The molecule has 0 fully saturated rings. The number of fused-ring (bicyclic) bond motifs is 1. The molecule has 0 unspecified atom stereocenters. The molecule has 0 radical (unpaired) electrons. The first-order valence-electron chi connectivity index (χ1n) is 5.52. The molecule has 1 aromatic heterocycles. The van der Waals surface area contributed by atoms with E-state index in [1.807, 2.05) is 25.1 Å². The van der Waals surface area contributed by atoms with E-state index >= 15 is 0 Å². The smallest absolute Gasteiger partial charge is 0.303 e. The summed E-state index contributed by atoms with van der Waals surface area (Å²) in [4.78, 5) is 17.9. The van der Waals surface area contributed by atoms with Crippen molar-refractivity contribution in [2.75, 3.05) is 6.61 Å². The largest absolute Gasteiger partial charge is 0.494 e. The normalized spacial score (nSPS) is 10.6. The molecule has 5 heteroatoms. The summed E-state index contributed by atoms with van der Waals surface area (Å²) in [7, 11) is 0. The van der Waals surface area contributed by atoms with Gasteiger partial charge in [-0.3, -0.25) is 4.79 Å². The molecule has 0 aliphatic rings. The lowest BCUT2D eigenvalue weighted by molar-refractivity contribution is -0.137. The number of imidazole rings is 1. The third-order valence-electron chi connectivity index (χ3n) is 2.39. The summed E-state index contributed by atoms with van der Waals surface area (Å²) in [6.07, 6.45) is 0.492. The minimum absolute atomic E-state index is 0.0815. The van der Waals surface area contributed by atoms with Crippen LogP contribution < -0.4 is 4.74 Å². The van der Waals surface area contributed by atoms with Crippen LogP contribution in [0.2, 0.25) is 0 Å². The summed E-state index contributed by atoms with van der Waals surface area (Å²) in [6.45, 7) is 2.54. The van der Waals surface area contributed by atoms with Crippen molar-refractivity contribution in [1.82, 2.24) is 9.97 Å². The predicted octanol–water partition coefficient (Wildman–Crippen LogP) is 1.98. The number of nitrogens with one attached hydrogen (secondary N) is 1. The van der Waals surface area contributed by atoms with Gasteiger partial charge in [0.15, 0.2) is 0 Å². The monoisotopic (exact) mass is 234 g/mol. The van der Waals surface area contributed by atoms with Crippen molar-refractivity contribution in [3.8, 4) is 5.75 Å². The highest BCUT2D eigenvalue weighted by atomic mass is 16.5. The molecule has 0 aliphatic carbocycles. The third kappa shape index (κ3) is 2.75. The number of aromatic nitrogens is 2. The molecule has 90 valence electrons. The Morgan fingerprint density at radius 2 is 2.35 bits per heavy atom. The van der Waals surface area contributed by atoms with Crippen LogP contribution in [0.15, 0.2) is 18.2 Å². The number of aliphatic carboxylic acids is 1. The highest BCUT2D eigenvalue weighted by molar-refractivity contribution is 5.77. The van der Waals surface area contributed by atoms with Crippen LogP contribution in [-0.4, -0.2) is 27.7 Å². The number of H-pyrrole nitrogens is 1. The summed E-state index contributed by atoms with van der Waals surface area (Å²) < 4.78 is 5.38. The van der Waals surface area contributed by atoms with E-state index in [1.165, 1.54) is 0 Å². The zero-order valence-corrected chi connectivity index (χ0v) is 9.56. The average molecular weight is 234 g/mol. The molecule has 1 aromatic carbocycles. The average Bonchev–Trinajstić information content (AvgIpc) is 2.69. The van der Waals surface area contributed by atoms with Crippen LogP contribution in [0.25, 0.3) is 11.0 Å². The van der Waals surface area contributed by atoms with E-state index in [0.29, 0.717) is 18.9 Å². The maximum Gasteiger partial charge on any atom is 0.303 e. The number of carboxylic acids is 1. The van der Waals surface area contributed by atoms with Crippen LogP contribution in [0.3, 0.4) is 0 Å². The summed E-state index contributed by atoms with van der Waals surface area (Å²) >= 11 is 0. The van der Waals surface area contributed by atoms with Crippen LogP contribution in [0.1, 0.15) is 19.2 Å². The van der Waals surface area contributed by atoms with Gasteiger partial charge in [0.1, 0.15) is 11.6 Å². The molecule has 0 saturated carbocycles. The molecule has 17 heavy (non-hydrogen) atoms. The molecule has 0 bridgehead atoms. The van der Waals surface area contributed by atoms with Gasteiger partial charge in [-0.15, -0.1) is 0 Å². The second kappa shape index (κ2) is 4.86. The number of ether oxygens (including phenoxy) is 1. The number of rotatable bonds is 5. The van der Waals surface area contributed by atoms with Gasteiger partial charge in [-0.05, 0) is 19.1 Å². The quantitative estimate of drug-likeness (QED) is 0.829. The zero-order valence-electron chi connectivity index (χ0n) is 9.56. The fourth-order valence-corrected chi connectivity index (χ4v) is 1.64. The van der Waals surface area contributed by atoms with Gasteiger partial charge in [-0.2, -0.15) is 0 Å². The van der Waals surface area contributed by atoms with Gasteiger partial charge in [0.25, 0.3) is 0 Å². The Kier molecular flexibility index (Phi) is 3.27. The molecule has 0 atom stereocenters. The number of aryl methyl sites for hydroxylation is 1. The van der Waals surface area contributed by atoms with E-state index in [9.17, 15) is 4.79 Å². The van der Waals surface area contributed by atoms with E-state index in [-0.39, 0.29) is 6.42 Å². The first kappa shape index (κ1) is 11.4. The molecule has 2 rings (SSSR count). The number of aromatic amines is 1.